The smallest absolute Gasteiger partial charge is 0.195 e. The lowest BCUT2D eigenvalue weighted by Gasteiger charge is -2.05. The molecule has 0 aliphatic rings. The van der Waals surface area contributed by atoms with Gasteiger partial charge in [-0.15, -0.1) is 0 Å². The fourth-order valence-corrected chi connectivity index (χ4v) is 0.900. The molecular formula is C10H12O4. The monoisotopic (exact) mass is 196 g/mol. The van der Waals surface area contributed by atoms with Crippen molar-refractivity contribution in [2.45, 2.75) is 0 Å². The minimum atomic E-state index is -0.496. The van der Waals surface area contributed by atoms with Crippen LogP contribution in [0.25, 0.3) is 0 Å². The quantitative estimate of drug-likeness (QED) is 0.750. The number of rotatable bonds is 5. The van der Waals surface area contributed by atoms with Crippen LogP contribution in [0.4, 0.5) is 0 Å². The van der Waals surface area contributed by atoms with E-state index in [-0.39, 0.29) is 12.4 Å². The van der Waals surface area contributed by atoms with Crippen molar-refractivity contribution in [3.63, 3.8) is 0 Å². The Labute approximate surface area is 82.1 Å². The molecule has 76 valence electrons. The first-order valence-corrected chi connectivity index (χ1v) is 4.15. The molecule has 0 fully saturated rings. The second-order valence-corrected chi connectivity index (χ2v) is 2.66. The molecule has 0 unspecified atom stereocenters. The largest absolute Gasteiger partial charge is 0.497 e. The second-order valence-electron chi connectivity index (χ2n) is 2.66. The molecule has 0 saturated carbocycles. The zero-order chi connectivity index (χ0) is 10.4. The van der Waals surface area contributed by atoms with Gasteiger partial charge in [0.05, 0.1) is 7.11 Å². The number of hydrogen-bond donors (Lipinski definition) is 1. The Balaban J connectivity index is 2.54. The van der Waals surface area contributed by atoms with Gasteiger partial charge in [0.15, 0.2) is 5.78 Å². The Kier molecular flexibility index (Phi) is 3.94. The Morgan fingerprint density at radius 3 is 2.79 bits per heavy atom. The minimum Gasteiger partial charge on any atom is -0.497 e. The third kappa shape index (κ3) is 3.06. The highest BCUT2D eigenvalue weighted by Crippen LogP contribution is 2.18. The van der Waals surface area contributed by atoms with Crippen molar-refractivity contribution in [2.24, 2.45) is 0 Å². The van der Waals surface area contributed by atoms with Gasteiger partial charge in [-0.3, -0.25) is 4.79 Å². The summed E-state index contributed by atoms with van der Waals surface area (Å²) in [5.74, 6) is 0.859. The van der Waals surface area contributed by atoms with Gasteiger partial charge in [-0.25, -0.2) is 0 Å². The lowest BCUT2D eigenvalue weighted by atomic mass is 10.3. The number of ketones is 1. The summed E-state index contributed by atoms with van der Waals surface area (Å²) >= 11 is 0. The highest BCUT2D eigenvalue weighted by Gasteiger charge is 2.01. The van der Waals surface area contributed by atoms with Gasteiger partial charge in [-0.1, -0.05) is 6.07 Å². The maximum absolute atomic E-state index is 10.7. The molecule has 1 rings (SSSR count). The summed E-state index contributed by atoms with van der Waals surface area (Å²) in [5.41, 5.74) is 0. The summed E-state index contributed by atoms with van der Waals surface area (Å²) in [6.45, 7) is -0.617. The predicted molar refractivity (Wildman–Crippen MR) is 50.6 cm³/mol. The number of hydrogen-bond acceptors (Lipinski definition) is 4. The molecule has 0 aliphatic carbocycles. The highest BCUT2D eigenvalue weighted by atomic mass is 16.5. The third-order valence-corrected chi connectivity index (χ3v) is 1.62. The molecule has 4 heteroatoms. The normalized spacial score (nSPS) is 9.57. The molecule has 4 nitrogen and oxygen atoms in total. The molecule has 0 bridgehead atoms. The molecule has 0 atom stereocenters. The Morgan fingerprint density at radius 1 is 1.43 bits per heavy atom. The molecule has 0 amide bonds. The van der Waals surface area contributed by atoms with Gasteiger partial charge in [-0.2, -0.15) is 0 Å². The number of carbonyl (C=O) groups excluding carboxylic acids is 1. The number of ether oxygens (including phenoxy) is 2. The van der Waals surface area contributed by atoms with Crippen molar-refractivity contribution in [2.75, 3.05) is 20.3 Å². The van der Waals surface area contributed by atoms with Crippen LogP contribution in [0.5, 0.6) is 11.5 Å². The van der Waals surface area contributed by atoms with Gasteiger partial charge in [0.25, 0.3) is 0 Å². The molecule has 0 heterocycles. The average Bonchev–Trinajstić information content (AvgIpc) is 2.26. The first-order chi connectivity index (χ1) is 6.76. The summed E-state index contributed by atoms with van der Waals surface area (Å²) < 4.78 is 10.1. The molecule has 0 aliphatic heterocycles. The van der Waals surface area contributed by atoms with Gasteiger partial charge < -0.3 is 14.6 Å². The minimum absolute atomic E-state index is 0.121. The van der Waals surface area contributed by atoms with Crippen LogP contribution in [-0.2, 0) is 4.79 Å². The number of aliphatic hydroxyl groups excluding tert-OH is 1. The van der Waals surface area contributed by atoms with E-state index in [0.29, 0.717) is 11.5 Å². The highest BCUT2D eigenvalue weighted by molar-refractivity contribution is 5.80. The fraction of sp³-hybridized carbons (Fsp3) is 0.300. The van der Waals surface area contributed by atoms with Crippen molar-refractivity contribution in [3.05, 3.63) is 24.3 Å². The number of methoxy groups -OCH3 is 1. The van der Waals surface area contributed by atoms with Crippen LogP contribution in [0.3, 0.4) is 0 Å². The Bertz CT molecular complexity index is 309. The standard InChI is InChI=1S/C10H12O4/c1-13-9-3-2-4-10(5-9)14-7-8(12)6-11/h2-5,11H,6-7H2,1H3. The molecule has 14 heavy (non-hydrogen) atoms. The maximum Gasteiger partial charge on any atom is 0.195 e. The van der Waals surface area contributed by atoms with Crippen LogP contribution < -0.4 is 9.47 Å². The zero-order valence-corrected chi connectivity index (χ0v) is 7.90. The number of benzene rings is 1. The Hall–Kier alpha value is -1.55. The molecule has 1 N–H and O–H groups in total. The van der Waals surface area contributed by atoms with E-state index in [4.69, 9.17) is 14.6 Å². The second kappa shape index (κ2) is 5.24. The van der Waals surface area contributed by atoms with Crippen molar-refractivity contribution in [3.8, 4) is 11.5 Å². The zero-order valence-electron chi connectivity index (χ0n) is 7.90. The van der Waals surface area contributed by atoms with Crippen LogP contribution in [0.1, 0.15) is 0 Å². The van der Waals surface area contributed by atoms with Crippen LogP contribution >= 0.6 is 0 Å². The number of Topliss-reactive ketones (excluding diaryl/α,β-unsaturated/α-hetero) is 1. The van der Waals surface area contributed by atoms with Gasteiger partial charge in [0.1, 0.15) is 24.7 Å². The summed E-state index contributed by atoms with van der Waals surface area (Å²) in [6, 6.07) is 6.93. The molecular weight excluding hydrogens is 184 g/mol. The van der Waals surface area contributed by atoms with E-state index in [2.05, 4.69) is 0 Å². The van der Waals surface area contributed by atoms with E-state index in [1.54, 1.807) is 31.4 Å². The summed E-state index contributed by atoms with van der Waals surface area (Å²) in [5, 5.41) is 8.46. The van der Waals surface area contributed by atoms with Crippen LogP contribution in [0, 0.1) is 0 Å². The van der Waals surface area contributed by atoms with Crippen LogP contribution in [-0.4, -0.2) is 31.2 Å². The average molecular weight is 196 g/mol. The molecule has 0 radical (unpaired) electrons. The van der Waals surface area contributed by atoms with E-state index < -0.39 is 6.61 Å². The van der Waals surface area contributed by atoms with Gasteiger partial charge in [0.2, 0.25) is 0 Å². The van der Waals surface area contributed by atoms with E-state index in [9.17, 15) is 4.79 Å². The van der Waals surface area contributed by atoms with Crippen molar-refractivity contribution in [1.82, 2.24) is 0 Å². The van der Waals surface area contributed by atoms with Gasteiger partial charge in [-0.05, 0) is 12.1 Å². The summed E-state index contributed by atoms with van der Waals surface area (Å²) in [4.78, 5) is 10.7. The van der Waals surface area contributed by atoms with E-state index >= 15 is 0 Å². The lowest BCUT2D eigenvalue weighted by Crippen LogP contribution is -2.14. The molecule has 0 aromatic heterocycles. The topological polar surface area (TPSA) is 55.8 Å². The van der Waals surface area contributed by atoms with Crippen LogP contribution in [0.15, 0.2) is 24.3 Å². The molecule has 1 aromatic carbocycles. The third-order valence-electron chi connectivity index (χ3n) is 1.62. The lowest BCUT2D eigenvalue weighted by molar-refractivity contribution is -0.123. The van der Waals surface area contributed by atoms with E-state index in [1.165, 1.54) is 0 Å². The maximum atomic E-state index is 10.7. The summed E-state index contributed by atoms with van der Waals surface area (Å²) in [7, 11) is 1.55. The number of aliphatic hydroxyl groups is 1. The van der Waals surface area contributed by atoms with Crippen molar-refractivity contribution in [1.29, 1.82) is 0 Å². The molecule has 1 aromatic rings. The Morgan fingerprint density at radius 2 is 2.14 bits per heavy atom. The fourth-order valence-electron chi connectivity index (χ4n) is 0.900. The summed E-state index contributed by atoms with van der Waals surface area (Å²) in [6.07, 6.45) is 0. The van der Waals surface area contributed by atoms with Crippen LogP contribution in [0.2, 0.25) is 0 Å². The van der Waals surface area contributed by atoms with Crippen molar-refractivity contribution >= 4 is 5.78 Å². The number of carbonyl (C=O) groups is 1. The first kappa shape index (κ1) is 10.5. The van der Waals surface area contributed by atoms with Crippen molar-refractivity contribution < 1.29 is 19.4 Å². The van der Waals surface area contributed by atoms with Gasteiger partial charge in [0, 0.05) is 6.07 Å². The first-order valence-electron chi connectivity index (χ1n) is 4.15. The van der Waals surface area contributed by atoms with Gasteiger partial charge >= 0.3 is 0 Å². The van der Waals surface area contributed by atoms with E-state index in [1.807, 2.05) is 0 Å². The molecule has 0 spiro atoms. The molecule has 0 saturated heterocycles. The predicted octanol–water partition coefficient (Wildman–Crippen LogP) is 0.635. The van der Waals surface area contributed by atoms with E-state index in [0.717, 1.165) is 0 Å². The SMILES string of the molecule is COc1cccc(OCC(=O)CO)c1.